The Morgan fingerprint density at radius 1 is 1.05 bits per heavy atom. The molecule has 2 aliphatic rings. The maximum atomic E-state index is 13.6. The zero-order valence-corrected chi connectivity index (χ0v) is 20.8. The average Bonchev–Trinajstić information content (AvgIpc) is 3.52. The van der Waals surface area contributed by atoms with E-state index in [9.17, 15) is 10.1 Å². The zero-order valence-electron chi connectivity index (χ0n) is 19.9. The Morgan fingerprint density at radius 3 is 2.57 bits per heavy atom. The monoisotopic (exact) mass is 512 g/mol. The lowest BCUT2D eigenvalue weighted by atomic mass is 9.97. The maximum Gasteiger partial charge on any atom is 0.266 e. The molecule has 186 valence electrons. The molecular formula is C27H24N6O3S. The van der Waals surface area contributed by atoms with Gasteiger partial charge >= 0.3 is 0 Å². The number of benzene rings is 2. The van der Waals surface area contributed by atoms with Gasteiger partial charge in [-0.1, -0.05) is 36.4 Å². The molecule has 37 heavy (non-hydrogen) atoms. The molecule has 1 amide bonds. The SMILES string of the molecule is N#Cc1c(N)nc2sc(C(=O)N3CCN(Cc4ccc5c(c4)OCO5)CC3)c(N)c2c1-c1ccccc1. The summed E-state index contributed by atoms with van der Waals surface area (Å²) in [7, 11) is 0. The number of carbonyl (C=O) groups is 1. The van der Waals surface area contributed by atoms with E-state index in [1.54, 1.807) is 0 Å². The van der Waals surface area contributed by atoms with Crippen LogP contribution in [0.25, 0.3) is 21.3 Å². The van der Waals surface area contributed by atoms with Crippen molar-refractivity contribution < 1.29 is 14.3 Å². The third-order valence-electron chi connectivity index (χ3n) is 6.78. The van der Waals surface area contributed by atoms with Gasteiger partial charge in [0.25, 0.3) is 5.91 Å². The van der Waals surface area contributed by atoms with Crippen LogP contribution in [0.15, 0.2) is 48.5 Å². The highest BCUT2D eigenvalue weighted by Gasteiger charge is 2.29. The Labute approximate surface area is 217 Å². The summed E-state index contributed by atoms with van der Waals surface area (Å²) in [4.78, 5) is 23.1. The first-order valence-electron chi connectivity index (χ1n) is 11.9. The lowest BCUT2D eigenvalue weighted by Crippen LogP contribution is -2.48. The molecule has 9 nitrogen and oxygen atoms in total. The van der Waals surface area contributed by atoms with Gasteiger partial charge in [-0.25, -0.2) is 4.98 Å². The van der Waals surface area contributed by atoms with E-state index in [1.165, 1.54) is 11.3 Å². The van der Waals surface area contributed by atoms with Crippen molar-refractivity contribution >= 4 is 39.0 Å². The average molecular weight is 513 g/mol. The Balaban J connectivity index is 1.24. The van der Waals surface area contributed by atoms with Gasteiger partial charge in [-0.2, -0.15) is 5.26 Å². The number of fused-ring (bicyclic) bond motifs is 2. The molecule has 0 aliphatic carbocycles. The predicted molar refractivity (Wildman–Crippen MR) is 142 cm³/mol. The minimum Gasteiger partial charge on any atom is -0.454 e. The van der Waals surface area contributed by atoms with E-state index in [0.29, 0.717) is 39.4 Å². The quantitative estimate of drug-likeness (QED) is 0.423. The molecule has 0 unspecified atom stereocenters. The number of thiophene rings is 1. The van der Waals surface area contributed by atoms with Crippen LogP contribution in [0.2, 0.25) is 0 Å². The summed E-state index contributed by atoms with van der Waals surface area (Å²) >= 11 is 1.23. The van der Waals surface area contributed by atoms with E-state index < -0.39 is 0 Å². The highest BCUT2D eigenvalue weighted by molar-refractivity contribution is 7.21. The fraction of sp³-hybridized carbons (Fsp3) is 0.222. The van der Waals surface area contributed by atoms with Crippen molar-refractivity contribution in [2.45, 2.75) is 6.54 Å². The molecule has 0 atom stereocenters. The number of ether oxygens (including phenoxy) is 2. The number of amides is 1. The molecular weight excluding hydrogens is 488 g/mol. The molecule has 0 bridgehead atoms. The van der Waals surface area contributed by atoms with Gasteiger partial charge in [0.05, 0.1) is 5.69 Å². The molecule has 2 aliphatic heterocycles. The number of anilines is 2. The number of rotatable bonds is 4. The second-order valence-electron chi connectivity index (χ2n) is 9.01. The van der Waals surface area contributed by atoms with E-state index in [4.69, 9.17) is 20.9 Å². The van der Waals surface area contributed by atoms with Crippen LogP contribution in [0, 0.1) is 11.3 Å². The van der Waals surface area contributed by atoms with Crippen molar-refractivity contribution in [3.63, 3.8) is 0 Å². The summed E-state index contributed by atoms with van der Waals surface area (Å²) < 4.78 is 10.9. The summed E-state index contributed by atoms with van der Waals surface area (Å²) in [6, 6.07) is 17.6. The van der Waals surface area contributed by atoms with Gasteiger partial charge in [0, 0.05) is 43.7 Å². The van der Waals surface area contributed by atoms with Gasteiger partial charge in [-0.3, -0.25) is 9.69 Å². The largest absolute Gasteiger partial charge is 0.454 e. The molecule has 6 rings (SSSR count). The first kappa shape index (κ1) is 23.1. The number of hydrogen-bond donors (Lipinski definition) is 2. The van der Waals surface area contributed by atoms with E-state index in [0.717, 1.165) is 42.3 Å². The second-order valence-corrected chi connectivity index (χ2v) is 10.0. The summed E-state index contributed by atoms with van der Waals surface area (Å²) in [6.07, 6.45) is 0. The van der Waals surface area contributed by atoms with Crippen LogP contribution in [0.4, 0.5) is 11.5 Å². The number of nitrogens with two attached hydrogens (primary N) is 2. The molecule has 1 saturated heterocycles. The maximum absolute atomic E-state index is 13.6. The third-order valence-corrected chi connectivity index (χ3v) is 7.86. The van der Waals surface area contributed by atoms with Crippen LogP contribution in [0.1, 0.15) is 20.8 Å². The number of pyridine rings is 1. The lowest BCUT2D eigenvalue weighted by Gasteiger charge is -2.34. The number of nitrogen functional groups attached to an aromatic ring is 2. The molecule has 0 spiro atoms. The Bertz CT molecular complexity index is 1550. The van der Waals surface area contributed by atoms with Crippen molar-refractivity contribution in [3.05, 3.63) is 64.5 Å². The predicted octanol–water partition coefficient (Wildman–Crippen LogP) is 3.69. The molecule has 4 heterocycles. The van der Waals surface area contributed by atoms with Crippen molar-refractivity contribution in [2.75, 3.05) is 44.4 Å². The Morgan fingerprint density at radius 2 is 1.81 bits per heavy atom. The summed E-state index contributed by atoms with van der Waals surface area (Å²) in [5.41, 5.74) is 15.9. The molecule has 1 fully saturated rings. The van der Waals surface area contributed by atoms with Crippen LogP contribution >= 0.6 is 11.3 Å². The smallest absolute Gasteiger partial charge is 0.266 e. The summed E-state index contributed by atoms with van der Waals surface area (Å²) in [5, 5.41) is 10.4. The van der Waals surface area contributed by atoms with E-state index in [2.05, 4.69) is 16.0 Å². The van der Waals surface area contributed by atoms with Gasteiger partial charge in [-0.05, 0) is 23.3 Å². The Kier molecular flexibility index (Phi) is 5.79. The van der Waals surface area contributed by atoms with Gasteiger partial charge in [0.1, 0.15) is 27.2 Å². The molecule has 4 aromatic rings. The Hall–Kier alpha value is -4.33. The van der Waals surface area contributed by atoms with Gasteiger partial charge < -0.3 is 25.8 Å². The van der Waals surface area contributed by atoms with Crippen LogP contribution in [0.3, 0.4) is 0 Å². The number of piperazine rings is 1. The fourth-order valence-electron chi connectivity index (χ4n) is 4.89. The molecule has 2 aromatic carbocycles. The topological polar surface area (TPSA) is 131 Å². The lowest BCUT2D eigenvalue weighted by molar-refractivity contribution is 0.0634. The number of carbonyl (C=O) groups excluding carboxylic acids is 1. The first-order valence-corrected chi connectivity index (χ1v) is 12.7. The summed E-state index contributed by atoms with van der Waals surface area (Å²) in [6.45, 7) is 3.68. The molecule has 2 aromatic heterocycles. The molecule has 0 saturated carbocycles. The van der Waals surface area contributed by atoms with Crippen LogP contribution in [-0.4, -0.2) is 53.7 Å². The van der Waals surface area contributed by atoms with E-state index in [1.807, 2.05) is 53.4 Å². The second kappa shape index (κ2) is 9.28. The van der Waals surface area contributed by atoms with Crippen LogP contribution in [0.5, 0.6) is 11.5 Å². The minimum atomic E-state index is -0.126. The zero-order chi connectivity index (χ0) is 25.5. The van der Waals surface area contributed by atoms with Crippen LogP contribution < -0.4 is 20.9 Å². The standard InChI is InChI=1S/C27H24N6O3S/c28-13-18-21(17-4-2-1-3-5-17)22-23(29)24(37-26(22)31-25(18)30)27(34)33-10-8-32(9-11-33)14-16-6-7-19-20(12-16)36-15-35-19/h1-7,12H,8-11,14-15,29H2,(H2,30,31). The fourth-order valence-corrected chi connectivity index (χ4v) is 5.97. The highest BCUT2D eigenvalue weighted by Crippen LogP contribution is 2.43. The van der Waals surface area contributed by atoms with Crippen molar-refractivity contribution in [3.8, 4) is 28.7 Å². The minimum absolute atomic E-state index is 0.126. The molecule has 4 N–H and O–H groups in total. The number of nitriles is 1. The van der Waals surface area contributed by atoms with Crippen LogP contribution in [-0.2, 0) is 6.54 Å². The molecule has 10 heteroatoms. The number of hydrogen-bond acceptors (Lipinski definition) is 9. The molecule has 0 radical (unpaired) electrons. The van der Waals surface area contributed by atoms with Gasteiger partial charge in [0.15, 0.2) is 11.5 Å². The number of nitrogens with zero attached hydrogens (tertiary/aromatic N) is 4. The highest BCUT2D eigenvalue weighted by atomic mass is 32.1. The normalized spacial score (nSPS) is 15.2. The van der Waals surface area contributed by atoms with Crippen molar-refractivity contribution in [1.82, 2.24) is 14.8 Å². The van der Waals surface area contributed by atoms with Gasteiger partial charge in [0.2, 0.25) is 6.79 Å². The van der Waals surface area contributed by atoms with E-state index in [-0.39, 0.29) is 24.1 Å². The van der Waals surface area contributed by atoms with Gasteiger partial charge in [-0.15, -0.1) is 11.3 Å². The first-order chi connectivity index (χ1) is 18.0. The number of aromatic nitrogens is 1. The van der Waals surface area contributed by atoms with Crippen molar-refractivity contribution in [1.29, 1.82) is 5.26 Å². The third kappa shape index (κ3) is 4.08. The van der Waals surface area contributed by atoms with Crippen molar-refractivity contribution in [2.24, 2.45) is 0 Å². The van der Waals surface area contributed by atoms with E-state index >= 15 is 0 Å². The summed E-state index contributed by atoms with van der Waals surface area (Å²) in [5.74, 6) is 1.55.